The van der Waals surface area contributed by atoms with Gasteiger partial charge in [0.1, 0.15) is 18.5 Å². The minimum absolute atomic E-state index is 0.0144. The van der Waals surface area contributed by atoms with Gasteiger partial charge in [-0.15, -0.1) is 0 Å². The van der Waals surface area contributed by atoms with Crippen molar-refractivity contribution in [2.45, 2.75) is 18.6 Å². The highest BCUT2D eigenvalue weighted by Crippen LogP contribution is 2.27. The summed E-state index contributed by atoms with van der Waals surface area (Å²) >= 11 is 0. The lowest BCUT2D eigenvalue weighted by molar-refractivity contribution is -0.153. The second-order valence-electron chi connectivity index (χ2n) is 4.61. The van der Waals surface area contributed by atoms with Crippen LogP contribution in [-0.4, -0.2) is 42.3 Å². The van der Waals surface area contributed by atoms with Gasteiger partial charge in [0.05, 0.1) is 13.0 Å². The van der Waals surface area contributed by atoms with E-state index in [1.165, 1.54) is 0 Å². The van der Waals surface area contributed by atoms with Crippen molar-refractivity contribution < 1.29 is 31.9 Å². The maximum atomic E-state index is 13.0. The molecule has 0 spiro atoms. The van der Waals surface area contributed by atoms with Gasteiger partial charge in [-0.3, -0.25) is 4.79 Å². The number of rotatable bonds is 4. The lowest BCUT2D eigenvalue weighted by Crippen LogP contribution is -2.42. The van der Waals surface area contributed by atoms with E-state index in [0.717, 1.165) is 24.3 Å². The molecule has 0 aliphatic carbocycles. The van der Waals surface area contributed by atoms with Crippen molar-refractivity contribution in [1.82, 2.24) is 4.90 Å². The van der Waals surface area contributed by atoms with E-state index in [-0.39, 0.29) is 18.8 Å². The van der Waals surface area contributed by atoms with E-state index in [2.05, 4.69) is 10.1 Å². The predicted octanol–water partition coefficient (Wildman–Crippen LogP) is 2.54. The van der Waals surface area contributed by atoms with E-state index in [1.54, 1.807) is 0 Å². The number of amides is 2. The van der Waals surface area contributed by atoms with Gasteiger partial charge in [0, 0.05) is 5.69 Å². The lowest BCUT2D eigenvalue weighted by atomic mass is 10.1. The quantitative estimate of drug-likeness (QED) is 0.866. The first-order valence-corrected chi connectivity index (χ1v) is 6.33. The zero-order valence-electron chi connectivity index (χ0n) is 11.2. The number of halogens is 4. The molecule has 1 aliphatic rings. The topological polar surface area (TPSA) is 58.6 Å². The van der Waals surface area contributed by atoms with Gasteiger partial charge in [-0.25, -0.2) is 14.1 Å². The smallest absolute Gasteiger partial charge is 0.416 e. The summed E-state index contributed by atoms with van der Waals surface area (Å²) in [4.78, 5) is 23.6. The predicted molar refractivity (Wildman–Crippen MR) is 67.5 cm³/mol. The number of carbonyl (C=O) groups is 2. The molecule has 1 N–H and O–H groups in total. The third-order valence-corrected chi connectivity index (χ3v) is 3.02. The third-order valence-electron chi connectivity index (χ3n) is 3.02. The molecule has 120 valence electrons. The van der Waals surface area contributed by atoms with Crippen LogP contribution in [0.1, 0.15) is 6.42 Å². The molecule has 9 heteroatoms. The molecule has 1 fully saturated rings. The van der Waals surface area contributed by atoms with Crippen LogP contribution in [0, 0.1) is 5.82 Å². The van der Waals surface area contributed by atoms with Gasteiger partial charge in [0.2, 0.25) is 5.91 Å². The van der Waals surface area contributed by atoms with Gasteiger partial charge < -0.3 is 10.1 Å². The van der Waals surface area contributed by atoms with Crippen LogP contribution in [0.2, 0.25) is 0 Å². The molecular formula is C13H12F4N2O3. The molecular weight excluding hydrogens is 308 g/mol. The molecule has 0 unspecified atom stereocenters. The Hall–Kier alpha value is -2.32. The lowest BCUT2D eigenvalue weighted by Gasteiger charge is -2.23. The number of alkyl halides is 3. The second kappa shape index (κ2) is 6.20. The van der Waals surface area contributed by atoms with Crippen LogP contribution in [0.5, 0.6) is 0 Å². The third kappa shape index (κ3) is 3.86. The minimum atomic E-state index is -4.71. The number of benzene rings is 1. The van der Waals surface area contributed by atoms with Crippen LogP contribution in [0.25, 0.3) is 0 Å². The van der Waals surface area contributed by atoms with Crippen LogP contribution in [0.3, 0.4) is 0 Å². The molecule has 1 heterocycles. The zero-order chi connectivity index (χ0) is 16.3. The van der Waals surface area contributed by atoms with Gasteiger partial charge in [-0.05, 0) is 24.3 Å². The number of nitrogens with one attached hydrogen (secondary N) is 1. The highest BCUT2D eigenvalue weighted by molar-refractivity contribution is 5.93. The first kappa shape index (κ1) is 16.1. The summed E-state index contributed by atoms with van der Waals surface area (Å²) < 4.78 is 56.3. The van der Waals surface area contributed by atoms with Crippen LogP contribution in [-0.2, 0) is 9.53 Å². The summed E-state index contributed by atoms with van der Waals surface area (Å²) in [6.07, 6.45) is -6.63. The number of imide groups is 1. The van der Waals surface area contributed by atoms with Crippen molar-refractivity contribution in [2.75, 3.05) is 18.5 Å². The molecule has 0 saturated carbocycles. The second-order valence-corrected chi connectivity index (χ2v) is 4.61. The molecule has 1 atom stereocenters. The Morgan fingerprint density at radius 2 is 1.95 bits per heavy atom. The molecule has 1 aliphatic heterocycles. The highest BCUT2D eigenvalue weighted by Gasteiger charge is 2.43. The minimum Gasteiger partial charge on any atom is -0.447 e. The van der Waals surface area contributed by atoms with Crippen molar-refractivity contribution in [2.24, 2.45) is 0 Å². The van der Waals surface area contributed by atoms with Gasteiger partial charge in [0.25, 0.3) is 0 Å². The number of hydrogen-bond acceptors (Lipinski definition) is 4. The Morgan fingerprint density at radius 3 is 2.45 bits per heavy atom. The Balaban J connectivity index is 2.08. The Bertz CT molecular complexity index is 559. The summed E-state index contributed by atoms with van der Waals surface area (Å²) in [7, 11) is 0. The molecule has 0 aromatic heterocycles. The molecule has 5 nitrogen and oxygen atoms in total. The fraction of sp³-hybridized carbons (Fsp3) is 0.385. The van der Waals surface area contributed by atoms with Gasteiger partial charge in [-0.1, -0.05) is 0 Å². The number of anilines is 1. The highest BCUT2D eigenvalue weighted by atomic mass is 19.4. The summed E-state index contributed by atoms with van der Waals surface area (Å²) in [5.74, 6) is -1.58. The van der Waals surface area contributed by atoms with Crippen molar-refractivity contribution in [3.8, 4) is 0 Å². The zero-order valence-corrected chi connectivity index (χ0v) is 11.2. The number of hydrogen-bond donors (Lipinski definition) is 1. The van der Waals surface area contributed by atoms with Crippen molar-refractivity contribution >= 4 is 17.7 Å². The fourth-order valence-electron chi connectivity index (χ4n) is 1.90. The summed E-state index contributed by atoms with van der Waals surface area (Å²) in [6, 6.07) is 2.05. The van der Waals surface area contributed by atoms with E-state index in [9.17, 15) is 27.2 Å². The van der Waals surface area contributed by atoms with E-state index >= 15 is 0 Å². The van der Waals surface area contributed by atoms with Crippen LogP contribution >= 0.6 is 0 Å². The molecule has 1 aromatic rings. The van der Waals surface area contributed by atoms with Gasteiger partial charge in [-0.2, -0.15) is 13.2 Å². The van der Waals surface area contributed by atoms with Crippen molar-refractivity contribution in [1.29, 1.82) is 0 Å². The van der Waals surface area contributed by atoms with Crippen molar-refractivity contribution in [3.63, 3.8) is 0 Å². The Kier molecular flexibility index (Phi) is 4.53. The maximum Gasteiger partial charge on any atom is 0.416 e. The van der Waals surface area contributed by atoms with E-state index < -0.39 is 36.5 Å². The normalized spacial score (nSPS) is 16.4. The van der Waals surface area contributed by atoms with Gasteiger partial charge in [0.15, 0.2) is 0 Å². The average molecular weight is 320 g/mol. The summed E-state index contributed by atoms with van der Waals surface area (Å²) in [5.41, 5.74) is 0.0144. The van der Waals surface area contributed by atoms with Crippen LogP contribution in [0.15, 0.2) is 24.3 Å². The first-order valence-electron chi connectivity index (χ1n) is 6.33. The largest absolute Gasteiger partial charge is 0.447 e. The first-order chi connectivity index (χ1) is 10.3. The molecule has 2 rings (SSSR count). The van der Waals surface area contributed by atoms with Crippen molar-refractivity contribution in [3.05, 3.63) is 30.1 Å². The molecule has 0 radical (unpaired) electrons. The Labute approximate surface area is 122 Å². The Morgan fingerprint density at radius 1 is 1.32 bits per heavy atom. The number of carbonyl (C=O) groups excluding carboxylic acids is 2. The van der Waals surface area contributed by atoms with E-state index in [4.69, 9.17) is 0 Å². The fourth-order valence-corrected chi connectivity index (χ4v) is 1.90. The summed E-state index contributed by atoms with van der Waals surface area (Å²) in [5, 5.41) is 2.12. The standard InChI is InChI=1S/C13H12F4N2O3/c14-8-1-3-9(4-2-8)18-10(13(15,16)17)7-11(20)19-5-6-22-12(19)21/h1-4,10,18H,5-7H2/t10-/m0/s1. The molecule has 2 amide bonds. The van der Waals surface area contributed by atoms with E-state index in [0.29, 0.717) is 4.90 Å². The SMILES string of the molecule is O=C(C[C@H](Nc1ccc(F)cc1)C(F)(F)F)N1CCOC1=O. The monoisotopic (exact) mass is 320 g/mol. The number of ether oxygens (including phenoxy) is 1. The number of nitrogens with zero attached hydrogens (tertiary/aromatic N) is 1. The van der Waals surface area contributed by atoms with Gasteiger partial charge >= 0.3 is 12.3 Å². The van der Waals surface area contributed by atoms with Crippen LogP contribution in [0.4, 0.5) is 28.0 Å². The molecule has 1 saturated heterocycles. The maximum absolute atomic E-state index is 13.0. The molecule has 0 bridgehead atoms. The number of cyclic esters (lactones) is 1. The van der Waals surface area contributed by atoms with Crippen LogP contribution < -0.4 is 5.32 Å². The summed E-state index contributed by atoms with van der Waals surface area (Å²) in [6.45, 7) is -0.106. The molecule has 1 aromatic carbocycles. The average Bonchev–Trinajstić information content (AvgIpc) is 2.85. The van der Waals surface area contributed by atoms with E-state index in [1.807, 2.05) is 0 Å². The molecule has 22 heavy (non-hydrogen) atoms.